The molecule has 1 aromatic carbocycles. The van der Waals surface area contributed by atoms with Crippen molar-refractivity contribution in [2.24, 2.45) is 0 Å². The summed E-state index contributed by atoms with van der Waals surface area (Å²) < 4.78 is 4.90. The Hall–Kier alpha value is -1.98. The third kappa shape index (κ3) is 4.51. The molecule has 1 N–H and O–H groups in total. The van der Waals surface area contributed by atoms with E-state index in [0.29, 0.717) is 11.3 Å². The highest BCUT2D eigenvalue weighted by atomic mass is 32.1. The second kappa shape index (κ2) is 7.71. The second-order valence-electron chi connectivity index (χ2n) is 4.59. The minimum absolute atomic E-state index is 0.0117. The van der Waals surface area contributed by atoms with E-state index in [4.69, 9.17) is 4.74 Å². The number of ether oxygens (including phenoxy) is 1. The van der Waals surface area contributed by atoms with Crippen molar-refractivity contribution in [2.45, 2.75) is 12.5 Å². The van der Waals surface area contributed by atoms with Gasteiger partial charge in [-0.25, -0.2) is 0 Å². The number of Topliss-reactive ketones (excluding diaryl/α,β-unsaturated/α-hetero) is 1. The monoisotopic (exact) mass is 303 g/mol. The van der Waals surface area contributed by atoms with E-state index in [1.165, 1.54) is 18.4 Å². The van der Waals surface area contributed by atoms with Crippen molar-refractivity contribution in [3.63, 3.8) is 0 Å². The minimum Gasteiger partial charge on any atom is -0.377 e. The summed E-state index contributed by atoms with van der Waals surface area (Å²) in [6.45, 7) is -0.0117. The quantitative estimate of drug-likeness (QED) is 0.854. The first kappa shape index (κ1) is 15.4. The van der Waals surface area contributed by atoms with E-state index in [-0.39, 0.29) is 18.3 Å². The van der Waals surface area contributed by atoms with Gasteiger partial charge >= 0.3 is 0 Å². The largest absolute Gasteiger partial charge is 0.377 e. The van der Waals surface area contributed by atoms with Crippen LogP contribution in [-0.2, 0) is 16.0 Å². The van der Waals surface area contributed by atoms with E-state index >= 15 is 0 Å². The first-order valence-electron chi connectivity index (χ1n) is 6.60. The summed E-state index contributed by atoms with van der Waals surface area (Å²) in [6, 6.07) is 12.6. The summed E-state index contributed by atoms with van der Waals surface area (Å²) in [5.74, 6) is -0.360. The van der Waals surface area contributed by atoms with Crippen LogP contribution in [0.1, 0.15) is 15.2 Å². The van der Waals surface area contributed by atoms with Crippen molar-refractivity contribution in [3.8, 4) is 0 Å². The number of nitrogens with one attached hydrogen (secondary N) is 1. The van der Waals surface area contributed by atoms with Gasteiger partial charge in [0.15, 0.2) is 5.78 Å². The number of methoxy groups -OCH3 is 1. The van der Waals surface area contributed by atoms with Gasteiger partial charge < -0.3 is 10.1 Å². The lowest BCUT2D eigenvalue weighted by Gasteiger charge is -2.17. The van der Waals surface area contributed by atoms with Crippen LogP contribution in [0.2, 0.25) is 0 Å². The summed E-state index contributed by atoms with van der Waals surface area (Å²) >= 11 is 1.35. The molecule has 0 aliphatic heterocycles. The molecule has 1 amide bonds. The van der Waals surface area contributed by atoms with Crippen LogP contribution in [-0.4, -0.2) is 31.4 Å². The molecule has 21 heavy (non-hydrogen) atoms. The number of ketones is 1. The average molecular weight is 303 g/mol. The zero-order chi connectivity index (χ0) is 15.1. The first-order chi connectivity index (χ1) is 10.2. The molecule has 1 unspecified atom stereocenters. The lowest BCUT2D eigenvalue weighted by molar-refractivity contribution is -0.124. The number of hydrogen-bond acceptors (Lipinski definition) is 4. The van der Waals surface area contributed by atoms with Gasteiger partial charge in [-0.05, 0) is 23.4 Å². The fourth-order valence-corrected chi connectivity index (χ4v) is 2.60. The summed E-state index contributed by atoms with van der Waals surface area (Å²) in [4.78, 5) is 24.8. The highest BCUT2D eigenvalue weighted by Crippen LogP contribution is 2.10. The van der Waals surface area contributed by atoms with Crippen LogP contribution in [0.25, 0.3) is 0 Å². The summed E-state index contributed by atoms with van der Waals surface area (Å²) in [7, 11) is 1.47. The van der Waals surface area contributed by atoms with E-state index in [1.54, 1.807) is 6.07 Å². The molecule has 1 heterocycles. The third-order valence-electron chi connectivity index (χ3n) is 3.01. The Morgan fingerprint density at radius 2 is 1.95 bits per heavy atom. The fraction of sp³-hybridized carbons (Fsp3) is 0.250. The summed E-state index contributed by atoms with van der Waals surface area (Å²) in [5, 5.41) is 4.63. The smallest absolute Gasteiger partial charge is 0.261 e. The van der Waals surface area contributed by atoms with Gasteiger partial charge in [-0.2, -0.15) is 0 Å². The van der Waals surface area contributed by atoms with Gasteiger partial charge in [-0.15, -0.1) is 11.3 Å². The fourth-order valence-electron chi connectivity index (χ4n) is 1.98. The van der Waals surface area contributed by atoms with E-state index in [1.807, 2.05) is 41.8 Å². The first-order valence-corrected chi connectivity index (χ1v) is 7.48. The van der Waals surface area contributed by atoms with E-state index in [0.717, 1.165) is 5.56 Å². The Bertz CT molecular complexity index is 581. The lowest BCUT2D eigenvalue weighted by atomic mass is 10.0. The molecule has 2 rings (SSSR count). The van der Waals surface area contributed by atoms with Crippen molar-refractivity contribution < 1.29 is 14.3 Å². The van der Waals surface area contributed by atoms with Gasteiger partial charge in [-0.3, -0.25) is 9.59 Å². The van der Waals surface area contributed by atoms with Gasteiger partial charge in [0.05, 0.1) is 10.9 Å². The van der Waals surface area contributed by atoms with E-state index < -0.39 is 6.04 Å². The highest BCUT2D eigenvalue weighted by Gasteiger charge is 2.21. The molecule has 0 radical (unpaired) electrons. The van der Waals surface area contributed by atoms with Gasteiger partial charge in [0.25, 0.3) is 5.91 Å². The van der Waals surface area contributed by atoms with Gasteiger partial charge in [0.1, 0.15) is 6.61 Å². The number of rotatable bonds is 7. The number of carbonyl (C=O) groups excluding carboxylic acids is 2. The minimum atomic E-state index is -0.582. The van der Waals surface area contributed by atoms with Gasteiger partial charge in [0, 0.05) is 7.11 Å². The van der Waals surface area contributed by atoms with E-state index in [9.17, 15) is 9.59 Å². The topological polar surface area (TPSA) is 55.4 Å². The standard InChI is InChI=1S/C16H17NO3S/c1-20-11-14(18)13(10-12-6-3-2-4-7-12)17-16(19)15-8-5-9-21-15/h2-9,13H,10-11H2,1H3,(H,17,19). The van der Waals surface area contributed by atoms with Crippen LogP contribution in [0.15, 0.2) is 47.8 Å². The molecule has 5 heteroatoms. The molecule has 2 aromatic rings. The Morgan fingerprint density at radius 1 is 1.19 bits per heavy atom. The lowest BCUT2D eigenvalue weighted by Crippen LogP contribution is -2.43. The maximum atomic E-state index is 12.1. The molecule has 0 bridgehead atoms. The molecule has 0 aliphatic rings. The molecule has 0 saturated heterocycles. The Kier molecular flexibility index (Phi) is 5.66. The molecule has 4 nitrogen and oxygen atoms in total. The van der Waals surface area contributed by atoms with Gasteiger partial charge in [0.2, 0.25) is 0 Å². The highest BCUT2D eigenvalue weighted by molar-refractivity contribution is 7.12. The Morgan fingerprint density at radius 3 is 2.57 bits per heavy atom. The van der Waals surface area contributed by atoms with Crippen molar-refractivity contribution in [3.05, 3.63) is 58.3 Å². The Labute approximate surface area is 127 Å². The molecule has 0 saturated carbocycles. The molecule has 0 spiro atoms. The number of benzene rings is 1. The Balaban J connectivity index is 2.08. The molecular weight excluding hydrogens is 286 g/mol. The molecule has 110 valence electrons. The average Bonchev–Trinajstić information content (AvgIpc) is 3.02. The maximum Gasteiger partial charge on any atom is 0.261 e. The third-order valence-corrected chi connectivity index (χ3v) is 3.88. The van der Waals surface area contributed by atoms with Gasteiger partial charge in [-0.1, -0.05) is 36.4 Å². The van der Waals surface area contributed by atoms with Crippen LogP contribution in [0.3, 0.4) is 0 Å². The normalized spacial score (nSPS) is 11.9. The van der Waals surface area contributed by atoms with Crippen LogP contribution in [0, 0.1) is 0 Å². The second-order valence-corrected chi connectivity index (χ2v) is 5.54. The number of carbonyl (C=O) groups is 2. The number of amides is 1. The van der Waals surface area contributed by atoms with Crippen molar-refractivity contribution in [1.29, 1.82) is 0 Å². The maximum absolute atomic E-state index is 12.1. The molecular formula is C16H17NO3S. The molecule has 1 aromatic heterocycles. The van der Waals surface area contributed by atoms with Crippen molar-refractivity contribution >= 4 is 23.0 Å². The molecule has 0 aliphatic carbocycles. The van der Waals surface area contributed by atoms with Crippen LogP contribution in [0.4, 0.5) is 0 Å². The summed E-state index contributed by atoms with van der Waals surface area (Å²) in [5.41, 5.74) is 0.999. The zero-order valence-corrected chi connectivity index (χ0v) is 12.6. The van der Waals surface area contributed by atoms with Crippen LogP contribution in [0.5, 0.6) is 0 Å². The SMILES string of the molecule is COCC(=O)C(Cc1ccccc1)NC(=O)c1cccs1. The van der Waals surface area contributed by atoms with Crippen LogP contribution >= 0.6 is 11.3 Å². The predicted octanol–water partition coefficient (Wildman–Crippen LogP) is 2.30. The molecule has 0 fully saturated rings. The van der Waals surface area contributed by atoms with Crippen molar-refractivity contribution in [1.82, 2.24) is 5.32 Å². The summed E-state index contributed by atoms with van der Waals surface area (Å²) in [6.07, 6.45) is 0.458. The predicted molar refractivity (Wildman–Crippen MR) is 82.6 cm³/mol. The zero-order valence-electron chi connectivity index (χ0n) is 11.7. The molecule has 1 atom stereocenters. The van der Waals surface area contributed by atoms with Crippen molar-refractivity contribution in [2.75, 3.05) is 13.7 Å². The number of thiophene rings is 1. The van der Waals surface area contributed by atoms with E-state index in [2.05, 4.69) is 5.32 Å². The van der Waals surface area contributed by atoms with Crippen LogP contribution < -0.4 is 5.32 Å². The number of hydrogen-bond donors (Lipinski definition) is 1.